The average Bonchev–Trinajstić information content (AvgIpc) is 2.60. The number of hydrogen-bond donors (Lipinski definition) is 1. The maximum absolute atomic E-state index is 5.93. The predicted octanol–water partition coefficient (Wildman–Crippen LogP) is 4.32. The van der Waals surface area contributed by atoms with E-state index in [-0.39, 0.29) is 24.8 Å². The number of pyridine rings is 1. The first-order valence-corrected chi connectivity index (χ1v) is 9.13. The molecule has 0 spiro atoms. The molecule has 0 radical (unpaired) electrons. The molecule has 1 N–H and O–H groups in total. The lowest BCUT2D eigenvalue weighted by Crippen LogP contribution is -2.21. The lowest BCUT2D eigenvalue weighted by molar-refractivity contribution is 0.282. The molecule has 0 saturated heterocycles. The second-order valence-corrected chi connectivity index (χ2v) is 6.95. The van der Waals surface area contributed by atoms with E-state index in [0.29, 0.717) is 12.4 Å². The Morgan fingerprint density at radius 1 is 1.19 bits per heavy atom. The third kappa shape index (κ3) is 9.12. The van der Waals surface area contributed by atoms with Gasteiger partial charge in [-0.1, -0.05) is 6.07 Å². The molecule has 27 heavy (non-hydrogen) atoms. The molecule has 0 unspecified atom stereocenters. The van der Waals surface area contributed by atoms with Gasteiger partial charge in [-0.15, -0.1) is 24.8 Å². The molecule has 0 aliphatic carbocycles. The van der Waals surface area contributed by atoms with Gasteiger partial charge in [-0.25, -0.2) is 0 Å². The second-order valence-electron chi connectivity index (χ2n) is 6.09. The maximum Gasteiger partial charge on any atom is 0.175 e. The molecule has 0 atom stereocenters. The summed E-state index contributed by atoms with van der Waals surface area (Å²) in [6.07, 6.45) is 4.67. The van der Waals surface area contributed by atoms with Gasteiger partial charge in [0.2, 0.25) is 0 Å². The van der Waals surface area contributed by atoms with Crippen molar-refractivity contribution in [1.82, 2.24) is 15.2 Å². The van der Waals surface area contributed by atoms with Gasteiger partial charge < -0.3 is 19.7 Å². The number of nitrogens with one attached hydrogen (secondary N) is 1. The van der Waals surface area contributed by atoms with E-state index in [4.69, 9.17) is 9.47 Å². The Kier molecular flexibility index (Phi) is 13.5. The van der Waals surface area contributed by atoms with Crippen LogP contribution >= 0.6 is 40.7 Å². The van der Waals surface area contributed by atoms with Gasteiger partial charge in [0.15, 0.2) is 11.5 Å². The number of nitrogens with zero attached hydrogens (tertiary/aromatic N) is 2. The predicted molar refractivity (Wildman–Crippen MR) is 119 cm³/mol. The molecule has 8 heteroatoms. The molecule has 2 aromatic rings. The smallest absolute Gasteiger partial charge is 0.175 e. The first kappa shape index (κ1) is 26.0. The van der Waals surface area contributed by atoms with Gasteiger partial charge in [0, 0.05) is 24.5 Å². The van der Waals surface area contributed by atoms with E-state index in [1.54, 1.807) is 19.5 Å². The molecular formula is C19H28BrCl2N3O2. The van der Waals surface area contributed by atoms with Gasteiger partial charge in [-0.3, -0.25) is 4.98 Å². The van der Waals surface area contributed by atoms with E-state index < -0.39 is 0 Å². The number of methoxy groups -OCH3 is 1. The molecule has 0 saturated carbocycles. The Labute approximate surface area is 182 Å². The van der Waals surface area contributed by atoms with Crippen molar-refractivity contribution in [3.63, 3.8) is 0 Å². The van der Waals surface area contributed by atoms with Crippen molar-refractivity contribution in [2.24, 2.45) is 0 Å². The summed E-state index contributed by atoms with van der Waals surface area (Å²) in [5.74, 6) is 1.44. The van der Waals surface area contributed by atoms with Crippen LogP contribution in [0.3, 0.4) is 0 Å². The van der Waals surface area contributed by atoms with Crippen LogP contribution in [0.2, 0.25) is 0 Å². The highest BCUT2D eigenvalue weighted by Crippen LogP contribution is 2.37. The Morgan fingerprint density at radius 3 is 2.59 bits per heavy atom. The highest BCUT2D eigenvalue weighted by molar-refractivity contribution is 9.10. The lowest BCUT2D eigenvalue weighted by Gasteiger charge is -2.15. The normalized spacial score (nSPS) is 10.1. The molecule has 5 nitrogen and oxygen atoms in total. The van der Waals surface area contributed by atoms with Crippen molar-refractivity contribution in [3.05, 3.63) is 52.3 Å². The number of rotatable bonds is 10. The van der Waals surface area contributed by atoms with E-state index in [1.165, 1.54) is 0 Å². The molecule has 1 aromatic heterocycles. The third-order valence-electron chi connectivity index (χ3n) is 3.68. The molecule has 2 rings (SSSR count). The molecular weight excluding hydrogens is 453 g/mol. The summed E-state index contributed by atoms with van der Waals surface area (Å²) in [6, 6.07) is 7.97. The van der Waals surface area contributed by atoms with E-state index in [2.05, 4.69) is 51.3 Å². The SMILES string of the molecule is COc1cc(CNCCCN(C)C)cc(Br)c1OCc1cccnc1.Cl.Cl. The molecule has 1 aromatic carbocycles. The van der Waals surface area contributed by atoms with Crippen LogP contribution in [0, 0.1) is 0 Å². The Balaban J connectivity index is 0.00000338. The fourth-order valence-electron chi connectivity index (χ4n) is 2.41. The van der Waals surface area contributed by atoms with Gasteiger partial charge in [-0.05, 0) is 73.3 Å². The summed E-state index contributed by atoms with van der Waals surface area (Å²) >= 11 is 3.60. The summed E-state index contributed by atoms with van der Waals surface area (Å²) < 4.78 is 12.3. The molecule has 152 valence electrons. The minimum Gasteiger partial charge on any atom is -0.493 e. The zero-order valence-corrected chi connectivity index (χ0v) is 19.1. The highest BCUT2D eigenvalue weighted by Gasteiger charge is 2.12. The summed E-state index contributed by atoms with van der Waals surface area (Å²) in [4.78, 5) is 6.29. The van der Waals surface area contributed by atoms with Crippen molar-refractivity contribution in [3.8, 4) is 11.5 Å². The first-order chi connectivity index (χ1) is 12.1. The van der Waals surface area contributed by atoms with Crippen LogP contribution in [0.25, 0.3) is 0 Å². The number of hydrogen-bond acceptors (Lipinski definition) is 5. The van der Waals surface area contributed by atoms with E-state index in [0.717, 1.165) is 47.4 Å². The van der Waals surface area contributed by atoms with Gasteiger partial charge in [0.1, 0.15) is 6.61 Å². The number of aromatic nitrogens is 1. The highest BCUT2D eigenvalue weighted by atomic mass is 79.9. The minimum absolute atomic E-state index is 0. The summed E-state index contributed by atoms with van der Waals surface area (Å²) in [5, 5.41) is 3.46. The Bertz CT molecular complexity index is 661. The van der Waals surface area contributed by atoms with Crippen molar-refractivity contribution in [1.29, 1.82) is 0 Å². The minimum atomic E-state index is 0. The van der Waals surface area contributed by atoms with Crippen LogP contribution in [0.1, 0.15) is 17.5 Å². The second kappa shape index (κ2) is 14.0. The van der Waals surface area contributed by atoms with Gasteiger partial charge in [0.05, 0.1) is 11.6 Å². The van der Waals surface area contributed by atoms with Crippen molar-refractivity contribution in [2.75, 3.05) is 34.3 Å². The quantitative estimate of drug-likeness (QED) is 0.513. The summed E-state index contributed by atoms with van der Waals surface area (Å²) in [6.45, 7) is 3.31. The third-order valence-corrected chi connectivity index (χ3v) is 4.27. The van der Waals surface area contributed by atoms with Crippen LogP contribution in [-0.2, 0) is 13.2 Å². The van der Waals surface area contributed by atoms with Gasteiger partial charge in [0.25, 0.3) is 0 Å². The monoisotopic (exact) mass is 479 g/mol. The molecule has 0 bridgehead atoms. The number of benzene rings is 1. The largest absolute Gasteiger partial charge is 0.493 e. The Hall–Kier alpha value is -1.05. The molecule has 0 fully saturated rings. The van der Waals surface area contributed by atoms with E-state index in [1.807, 2.05) is 18.2 Å². The molecule has 0 amide bonds. The van der Waals surface area contributed by atoms with Crippen molar-refractivity contribution >= 4 is 40.7 Å². The van der Waals surface area contributed by atoms with Crippen LogP contribution in [-0.4, -0.2) is 44.2 Å². The van der Waals surface area contributed by atoms with Crippen LogP contribution in [0.5, 0.6) is 11.5 Å². The molecule has 0 aliphatic rings. The summed E-state index contributed by atoms with van der Waals surface area (Å²) in [7, 11) is 5.84. The lowest BCUT2D eigenvalue weighted by atomic mass is 10.2. The topological polar surface area (TPSA) is 46.6 Å². The first-order valence-electron chi connectivity index (χ1n) is 8.33. The van der Waals surface area contributed by atoms with Gasteiger partial charge >= 0.3 is 0 Å². The van der Waals surface area contributed by atoms with Crippen LogP contribution < -0.4 is 14.8 Å². The Morgan fingerprint density at radius 2 is 1.96 bits per heavy atom. The fraction of sp³-hybridized carbons (Fsp3) is 0.421. The zero-order valence-electron chi connectivity index (χ0n) is 15.9. The summed E-state index contributed by atoms with van der Waals surface area (Å²) in [5.41, 5.74) is 2.17. The van der Waals surface area contributed by atoms with Crippen molar-refractivity contribution in [2.45, 2.75) is 19.6 Å². The maximum atomic E-state index is 5.93. The fourth-order valence-corrected chi connectivity index (χ4v) is 3.01. The zero-order chi connectivity index (χ0) is 18.1. The van der Waals surface area contributed by atoms with Crippen LogP contribution in [0.4, 0.5) is 0 Å². The molecule has 0 aliphatic heterocycles. The standard InChI is InChI=1S/C19H26BrN3O2.2ClH/c1-23(2)9-5-8-22-13-16-10-17(20)19(18(11-16)24-3)25-14-15-6-4-7-21-12-15;;/h4,6-7,10-12,22H,5,8-9,13-14H2,1-3H3;2*1H. The van der Waals surface area contributed by atoms with E-state index >= 15 is 0 Å². The van der Waals surface area contributed by atoms with Gasteiger partial charge in [-0.2, -0.15) is 0 Å². The molecule has 1 heterocycles. The van der Waals surface area contributed by atoms with E-state index in [9.17, 15) is 0 Å². The number of ether oxygens (including phenoxy) is 2. The van der Waals surface area contributed by atoms with Crippen LogP contribution in [0.15, 0.2) is 41.1 Å². The number of halogens is 3. The average molecular weight is 481 g/mol. The van der Waals surface area contributed by atoms with Crippen molar-refractivity contribution < 1.29 is 9.47 Å².